The van der Waals surface area contributed by atoms with Crippen LogP contribution in [0.2, 0.25) is 5.02 Å². The first kappa shape index (κ1) is 14.9. The highest BCUT2D eigenvalue weighted by Crippen LogP contribution is 2.15. The first-order chi connectivity index (χ1) is 9.95. The Morgan fingerprint density at radius 2 is 1.33 bits per heavy atom. The smallest absolute Gasteiger partial charge is 0.314 e. The Morgan fingerprint density at radius 1 is 0.810 bits per heavy atom. The maximum Gasteiger partial charge on any atom is 0.314 e. The number of anilines is 2. The fraction of sp³-hybridized carbons (Fsp3) is 0. The van der Waals surface area contributed by atoms with Crippen molar-refractivity contribution in [3.63, 3.8) is 0 Å². The number of amides is 2. The fourth-order valence-electron chi connectivity index (χ4n) is 1.48. The Bertz CT molecular complexity index is 690. The molecule has 2 aromatic rings. The molecule has 0 aliphatic carbocycles. The van der Waals surface area contributed by atoms with E-state index in [1.165, 1.54) is 12.1 Å². The zero-order chi connectivity index (χ0) is 15.4. The van der Waals surface area contributed by atoms with Crippen LogP contribution < -0.4 is 10.6 Å². The summed E-state index contributed by atoms with van der Waals surface area (Å²) in [4.78, 5) is 23.2. The number of carbonyl (C=O) groups excluding carboxylic acids is 2. The number of hydrogen-bond acceptors (Lipinski definition) is 2. The van der Waals surface area contributed by atoms with Gasteiger partial charge in [0, 0.05) is 22.5 Å². The Balaban J connectivity index is 2.00. The molecule has 2 rings (SSSR count). The van der Waals surface area contributed by atoms with Crippen LogP contribution in [-0.2, 0) is 9.59 Å². The highest BCUT2D eigenvalue weighted by atomic mass is 35.5. The second-order valence-corrected chi connectivity index (χ2v) is 4.48. The van der Waals surface area contributed by atoms with Gasteiger partial charge in [-0.15, -0.1) is 0 Å². The summed E-state index contributed by atoms with van der Waals surface area (Å²) in [6.07, 6.45) is 0. The largest absolute Gasteiger partial charge is 0.318 e. The lowest BCUT2D eigenvalue weighted by molar-refractivity contribution is -0.133. The zero-order valence-corrected chi connectivity index (χ0v) is 11.2. The molecule has 0 saturated carbocycles. The summed E-state index contributed by atoms with van der Waals surface area (Å²) >= 11 is 5.69. The average molecular weight is 311 g/mol. The van der Waals surface area contributed by atoms with Gasteiger partial charge in [-0.25, -0.2) is 8.78 Å². The van der Waals surface area contributed by atoms with E-state index < -0.39 is 23.4 Å². The van der Waals surface area contributed by atoms with E-state index in [1.54, 1.807) is 12.1 Å². The third-order valence-electron chi connectivity index (χ3n) is 2.49. The van der Waals surface area contributed by atoms with Crippen molar-refractivity contribution in [3.8, 4) is 0 Å². The van der Waals surface area contributed by atoms with Crippen molar-refractivity contribution in [2.24, 2.45) is 0 Å². The predicted octanol–water partition coefficient (Wildman–Crippen LogP) is 3.20. The van der Waals surface area contributed by atoms with Crippen molar-refractivity contribution >= 4 is 34.8 Å². The van der Waals surface area contributed by atoms with Crippen molar-refractivity contribution in [3.05, 3.63) is 59.1 Å². The van der Waals surface area contributed by atoms with Crippen LogP contribution in [-0.4, -0.2) is 11.8 Å². The molecular formula is C14H9ClF2N2O2. The van der Waals surface area contributed by atoms with Crippen molar-refractivity contribution in [2.75, 3.05) is 10.6 Å². The second kappa shape index (κ2) is 6.32. The van der Waals surface area contributed by atoms with Gasteiger partial charge in [-0.2, -0.15) is 0 Å². The summed E-state index contributed by atoms with van der Waals surface area (Å²) in [6, 6.07) is 8.90. The normalized spacial score (nSPS) is 10.0. The number of nitrogens with one attached hydrogen (secondary N) is 2. The predicted molar refractivity (Wildman–Crippen MR) is 75.1 cm³/mol. The molecule has 2 N–H and O–H groups in total. The molecule has 0 atom stereocenters. The summed E-state index contributed by atoms with van der Waals surface area (Å²) in [5.41, 5.74) is 0.356. The Hall–Kier alpha value is -2.47. The minimum absolute atomic E-state index is 0.0230. The molecule has 0 fully saturated rings. The molecular weight excluding hydrogens is 302 g/mol. The van der Waals surface area contributed by atoms with E-state index in [9.17, 15) is 18.4 Å². The number of benzene rings is 2. The minimum atomic E-state index is -1.12. The number of hydrogen-bond donors (Lipinski definition) is 2. The molecule has 0 heterocycles. The lowest BCUT2D eigenvalue weighted by Gasteiger charge is -2.07. The van der Waals surface area contributed by atoms with Crippen molar-refractivity contribution in [1.82, 2.24) is 0 Å². The summed E-state index contributed by atoms with van der Waals surface area (Å²) in [5, 5.41) is 4.98. The minimum Gasteiger partial charge on any atom is -0.318 e. The van der Waals surface area contributed by atoms with E-state index in [4.69, 9.17) is 11.6 Å². The monoisotopic (exact) mass is 310 g/mol. The van der Waals surface area contributed by atoms with Gasteiger partial charge in [-0.05, 0) is 36.4 Å². The summed E-state index contributed by atoms with van der Waals surface area (Å²) in [7, 11) is 0. The van der Waals surface area contributed by atoms with E-state index in [0.717, 1.165) is 18.2 Å². The first-order valence-electron chi connectivity index (χ1n) is 5.78. The molecule has 7 heteroatoms. The molecule has 2 amide bonds. The number of halogens is 3. The number of rotatable bonds is 2. The lowest BCUT2D eigenvalue weighted by atomic mass is 10.3. The van der Waals surface area contributed by atoms with Gasteiger partial charge < -0.3 is 10.6 Å². The molecule has 21 heavy (non-hydrogen) atoms. The molecule has 0 unspecified atom stereocenters. The van der Waals surface area contributed by atoms with Crippen LogP contribution in [0, 0.1) is 11.6 Å². The van der Waals surface area contributed by atoms with Gasteiger partial charge in [0.15, 0.2) is 11.6 Å². The quantitative estimate of drug-likeness (QED) is 0.837. The SMILES string of the molecule is O=C(Nc1ccc(Cl)cc1)C(=O)Nc1ccc(F)c(F)c1. The second-order valence-electron chi connectivity index (χ2n) is 4.04. The van der Waals surface area contributed by atoms with E-state index in [1.807, 2.05) is 0 Å². The standard InChI is InChI=1S/C14H9ClF2N2O2/c15-8-1-3-9(4-2-8)18-13(20)14(21)19-10-5-6-11(16)12(17)7-10/h1-7H,(H,18,20)(H,19,21). The Morgan fingerprint density at radius 3 is 1.90 bits per heavy atom. The van der Waals surface area contributed by atoms with Crippen molar-refractivity contribution < 1.29 is 18.4 Å². The lowest BCUT2D eigenvalue weighted by Crippen LogP contribution is -2.29. The molecule has 2 aromatic carbocycles. The van der Waals surface area contributed by atoms with Crippen molar-refractivity contribution in [2.45, 2.75) is 0 Å². The van der Waals surface area contributed by atoms with Gasteiger partial charge in [0.05, 0.1) is 0 Å². The number of carbonyl (C=O) groups is 2. The molecule has 0 radical (unpaired) electrons. The third-order valence-corrected chi connectivity index (χ3v) is 2.74. The summed E-state index contributed by atoms with van der Waals surface area (Å²) in [6.45, 7) is 0. The maximum atomic E-state index is 13.0. The van der Waals surface area contributed by atoms with E-state index in [-0.39, 0.29) is 5.69 Å². The fourth-order valence-corrected chi connectivity index (χ4v) is 1.61. The molecule has 0 saturated heterocycles. The molecule has 4 nitrogen and oxygen atoms in total. The zero-order valence-electron chi connectivity index (χ0n) is 10.5. The van der Waals surface area contributed by atoms with Crippen LogP contribution in [0.3, 0.4) is 0 Å². The first-order valence-corrected chi connectivity index (χ1v) is 6.16. The van der Waals surface area contributed by atoms with Gasteiger partial charge in [-0.3, -0.25) is 9.59 Å². The van der Waals surface area contributed by atoms with Crippen LogP contribution in [0.15, 0.2) is 42.5 Å². The van der Waals surface area contributed by atoms with Gasteiger partial charge in [-0.1, -0.05) is 11.6 Å². The molecule has 0 aliphatic rings. The molecule has 108 valence electrons. The highest BCUT2D eigenvalue weighted by molar-refractivity contribution is 6.43. The van der Waals surface area contributed by atoms with Gasteiger partial charge in [0.1, 0.15) is 0 Å². The van der Waals surface area contributed by atoms with Crippen LogP contribution >= 0.6 is 11.6 Å². The molecule has 0 spiro atoms. The van der Waals surface area contributed by atoms with Crippen LogP contribution in [0.1, 0.15) is 0 Å². The van der Waals surface area contributed by atoms with E-state index in [2.05, 4.69) is 10.6 Å². The van der Waals surface area contributed by atoms with Gasteiger partial charge in [0.2, 0.25) is 0 Å². The van der Waals surface area contributed by atoms with Crippen LogP contribution in [0.5, 0.6) is 0 Å². The summed E-state index contributed by atoms with van der Waals surface area (Å²) < 4.78 is 25.7. The maximum absolute atomic E-state index is 13.0. The van der Waals surface area contributed by atoms with Crippen LogP contribution in [0.4, 0.5) is 20.2 Å². The van der Waals surface area contributed by atoms with Crippen molar-refractivity contribution in [1.29, 1.82) is 0 Å². The molecule has 0 aliphatic heterocycles. The summed E-state index contributed by atoms with van der Waals surface area (Å²) in [5.74, 6) is -4.11. The Labute approximate surface area is 123 Å². The third kappa shape index (κ3) is 4.00. The van der Waals surface area contributed by atoms with Gasteiger partial charge >= 0.3 is 11.8 Å². The van der Waals surface area contributed by atoms with Crippen LogP contribution in [0.25, 0.3) is 0 Å². The average Bonchev–Trinajstić information content (AvgIpc) is 2.45. The molecule has 0 aromatic heterocycles. The van der Waals surface area contributed by atoms with E-state index in [0.29, 0.717) is 10.7 Å². The van der Waals surface area contributed by atoms with E-state index >= 15 is 0 Å². The van der Waals surface area contributed by atoms with Gasteiger partial charge in [0.25, 0.3) is 0 Å². The topological polar surface area (TPSA) is 58.2 Å². The Kier molecular flexibility index (Phi) is 4.49. The molecule has 0 bridgehead atoms. The highest BCUT2D eigenvalue weighted by Gasteiger charge is 2.14.